The lowest BCUT2D eigenvalue weighted by atomic mass is 10.2. The molecule has 4 nitrogen and oxygen atoms in total. The molecule has 0 heterocycles. The van der Waals surface area contributed by atoms with E-state index in [0.29, 0.717) is 15.6 Å². The van der Waals surface area contributed by atoms with Crippen LogP contribution in [0.2, 0.25) is 10.0 Å². The Bertz CT molecular complexity index is 411. The van der Waals surface area contributed by atoms with Crippen LogP contribution in [0, 0.1) is 0 Å². The molecule has 0 aliphatic carbocycles. The van der Waals surface area contributed by atoms with Crippen molar-refractivity contribution in [3.8, 4) is 0 Å². The maximum Gasteiger partial charge on any atom is 0.269 e. The summed E-state index contributed by atoms with van der Waals surface area (Å²) in [6.45, 7) is 0. The van der Waals surface area contributed by atoms with E-state index in [4.69, 9.17) is 28.9 Å². The summed E-state index contributed by atoms with van der Waals surface area (Å²) in [4.78, 5) is 11.4. The highest BCUT2D eigenvalue weighted by atomic mass is 35.5. The minimum Gasteiger partial charge on any atom is -0.375 e. The quantitative estimate of drug-likeness (QED) is 0.531. The molecule has 1 rings (SSSR count). The van der Waals surface area contributed by atoms with Crippen molar-refractivity contribution in [2.24, 2.45) is 5.73 Å². The molecule has 4 N–H and O–H groups in total. The molecule has 80 valence electrons. The first kappa shape index (κ1) is 12.0. The van der Waals surface area contributed by atoms with Gasteiger partial charge in [0.05, 0.1) is 10.0 Å². The lowest BCUT2D eigenvalue weighted by Gasteiger charge is -2.06. The molecule has 0 unspecified atom stereocenters. The van der Waals surface area contributed by atoms with Crippen LogP contribution in [-0.2, 0) is 0 Å². The fourth-order valence-corrected chi connectivity index (χ4v) is 1.18. The first-order chi connectivity index (χ1) is 7.00. The number of amides is 1. The molecule has 7 heteroatoms. The van der Waals surface area contributed by atoms with Crippen LogP contribution in [0.1, 0.15) is 10.4 Å². The van der Waals surface area contributed by atoms with Crippen LogP contribution >= 0.6 is 35.4 Å². The molecule has 0 spiro atoms. The molecule has 15 heavy (non-hydrogen) atoms. The van der Waals surface area contributed by atoms with E-state index in [1.165, 1.54) is 18.2 Å². The van der Waals surface area contributed by atoms with Crippen LogP contribution in [0.3, 0.4) is 0 Å². The van der Waals surface area contributed by atoms with Crippen LogP contribution in [-0.4, -0.2) is 11.0 Å². The van der Waals surface area contributed by atoms with Gasteiger partial charge in [-0.05, 0) is 30.4 Å². The highest BCUT2D eigenvalue weighted by Crippen LogP contribution is 2.22. The monoisotopic (exact) mass is 263 g/mol. The van der Waals surface area contributed by atoms with E-state index in [1.54, 1.807) is 0 Å². The highest BCUT2D eigenvalue weighted by Gasteiger charge is 2.07. The maximum absolute atomic E-state index is 11.4. The second-order valence-corrected chi connectivity index (χ2v) is 3.83. The molecular weight excluding hydrogens is 257 g/mol. The van der Waals surface area contributed by atoms with Crippen LogP contribution in [0.4, 0.5) is 0 Å². The van der Waals surface area contributed by atoms with Gasteiger partial charge in [-0.3, -0.25) is 15.6 Å². The predicted molar refractivity (Wildman–Crippen MR) is 63.8 cm³/mol. The van der Waals surface area contributed by atoms with Gasteiger partial charge in [0.1, 0.15) is 0 Å². The summed E-state index contributed by atoms with van der Waals surface area (Å²) < 4.78 is 0. The van der Waals surface area contributed by atoms with Crippen molar-refractivity contribution in [1.29, 1.82) is 0 Å². The van der Waals surface area contributed by atoms with E-state index in [1.807, 2.05) is 0 Å². The summed E-state index contributed by atoms with van der Waals surface area (Å²) in [5.41, 5.74) is 10.1. The molecule has 1 aromatic rings. The number of nitrogens with one attached hydrogen (secondary N) is 2. The zero-order valence-electron chi connectivity index (χ0n) is 7.38. The van der Waals surface area contributed by atoms with Crippen molar-refractivity contribution in [1.82, 2.24) is 10.9 Å². The fourth-order valence-electron chi connectivity index (χ4n) is 0.828. The molecule has 0 aromatic heterocycles. The first-order valence-corrected chi connectivity index (χ1v) is 4.98. The minimum atomic E-state index is -0.402. The van der Waals surface area contributed by atoms with Gasteiger partial charge in [-0.25, -0.2) is 0 Å². The second-order valence-electron chi connectivity index (χ2n) is 2.57. The van der Waals surface area contributed by atoms with Gasteiger partial charge >= 0.3 is 0 Å². The molecule has 0 atom stereocenters. The zero-order chi connectivity index (χ0) is 11.4. The number of thiocarbonyl (C=S) groups is 1. The smallest absolute Gasteiger partial charge is 0.269 e. The summed E-state index contributed by atoms with van der Waals surface area (Å²) >= 11 is 15.9. The number of carbonyl (C=O) groups is 1. The number of hydrogen-bond donors (Lipinski definition) is 3. The number of benzene rings is 1. The first-order valence-electron chi connectivity index (χ1n) is 3.81. The number of halogens is 2. The van der Waals surface area contributed by atoms with E-state index >= 15 is 0 Å². The summed E-state index contributed by atoms with van der Waals surface area (Å²) in [7, 11) is 0. The Balaban J connectivity index is 2.74. The average molecular weight is 264 g/mol. The Hall–Kier alpha value is -1.04. The van der Waals surface area contributed by atoms with E-state index in [2.05, 4.69) is 23.1 Å². The standard InChI is InChI=1S/C8H7Cl2N3OS/c9-5-2-1-4(3-6(5)10)7(14)12-13-8(11)15/h1-3H,(H,12,14)(H3,11,13,15). The van der Waals surface area contributed by atoms with Gasteiger partial charge in [-0.15, -0.1) is 0 Å². The molecule has 0 saturated carbocycles. The third-order valence-electron chi connectivity index (χ3n) is 1.48. The van der Waals surface area contributed by atoms with Crippen molar-refractivity contribution in [3.05, 3.63) is 33.8 Å². The highest BCUT2D eigenvalue weighted by molar-refractivity contribution is 7.80. The van der Waals surface area contributed by atoms with Crippen LogP contribution in [0.25, 0.3) is 0 Å². The molecule has 1 aromatic carbocycles. The van der Waals surface area contributed by atoms with Crippen molar-refractivity contribution in [2.75, 3.05) is 0 Å². The van der Waals surface area contributed by atoms with E-state index in [9.17, 15) is 4.79 Å². The second kappa shape index (κ2) is 5.16. The largest absolute Gasteiger partial charge is 0.375 e. The third kappa shape index (κ3) is 3.54. The number of hydrazine groups is 1. The fraction of sp³-hybridized carbons (Fsp3) is 0. The Morgan fingerprint density at radius 1 is 1.27 bits per heavy atom. The minimum absolute atomic E-state index is 0.0246. The predicted octanol–water partition coefficient (Wildman–Crippen LogP) is 1.47. The van der Waals surface area contributed by atoms with Crippen molar-refractivity contribution < 1.29 is 4.79 Å². The SMILES string of the molecule is NC(=S)NNC(=O)c1ccc(Cl)c(Cl)c1. The number of hydrogen-bond acceptors (Lipinski definition) is 2. The van der Waals surface area contributed by atoms with Gasteiger partial charge in [0.2, 0.25) is 0 Å². The molecule has 0 saturated heterocycles. The Morgan fingerprint density at radius 2 is 1.93 bits per heavy atom. The van der Waals surface area contributed by atoms with Gasteiger partial charge in [-0.1, -0.05) is 23.2 Å². The lowest BCUT2D eigenvalue weighted by molar-refractivity contribution is 0.0944. The van der Waals surface area contributed by atoms with Gasteiger partial charge in [0, 0.05) is 5.56 Å². The van der Waals surface area contributed by atoms with Crippen LogP contribution in [0.15, 0.2) is 18.2 Å². The van der Waals surface area contributed by atoms with E-state index in [-0.39, 0.29) is 5.11 Å². The summed E-state index contributed by atoms with van der Waals surface area (Å²) in [6, 6.07) is 4.50. The molecule has 1 amide bonds. The van der Waals surface area contributed by atoms with E-state index < -0.39 is 5.91 Å². The number of nitrogens with two attached hydrogens (primary N) is 1. The normalized spacial score (nSPS) is 9.47. The molecule has 0 bridgehead atoms. The van der Waals surface area contributed by atoms with Crippen molar-refractivity contribution in [2.45, 2.75) is 0 Å². The van der Waals surface area contributed by atoms with Gasteiger partial charge in [0.15, 0.2) is 5.11 Å². The van der Waals surface area contributed by atoms with Gasteiger partial charge < -0.3 is 5.73 Å². The summed E-state index contributed by atoms with van der Waals surface area (Å²) in [5, 5.41) is 0.665. The summed E-state index contributed by atoms with van der Waals surface area (Å²) in [6.07, 6.45) is 0. The van der Waals surface area contributed by atoms with Crippen LogP contribution < -0.4 is 16.6 Å². The average Bonchev–Trinajstić information content (AvgIpc) is 2.18. The zero-order valence-corrected chi connectivity index (χ0v) is 9.71. The number of carbonyl (C=O) groups excluding carboxylic acids is 1. The summed E-state index contributed by atoms with van der Waals surface area (Å²) in [5.74, 6) is -0.402. The van der Waals surface area contributed by atoms with Crippen molar-refractivity contribution >= 4 is 46.4 Å². The van der Waals surface area contributed by atoms with Crippen LogP contribution in [0.5, 0.6) is 0 Å². The van der Waals surface area contributed by atoms with Gasteiger partial charge in [0.25, 0.3) is 5.91 Å². The molecular formula is C8H7Cl2N3OS. The van der Waals surface area contributed by atoms with E-state index in [0.717, 1.165) is 0 Å². The lowest BCUT2D eigenvalue weighted by Crippen LogP contribution is -2.44. The topological polar surface area (TPSA) is 67.2 Å². The Kier molecular flexibility index (Phi) is 4.14. The molecule has 0 aliphatic heterocycles. The molecule has 0 aliphatic rings. The third-order valence-corrected chi connectivity index (χ3v) is 2.32. The molecule has 0 radical (unpaired) electrons. The Morgan fingerprint density at radius 3 is 2.47 bits per heavy atom. The van der Waals surface area contributed by atoms with Gasteiger partial charge in [-0.2, -0.15) is 0 Å². The Labute approximate surface area is 102 Å². The van der Waals surface area contributed by atoms with Crippen molar-refractivity contribution in [3.63, 3.8) is 0 Å². The maximum atomic E-state index is 11.4. The molecule has 0 fully saturated rings. The number of rotatable bonds is 1.